The molecule has 4 aromatic rings. The van der Waals surface area contributed by atoms with Crippen LogP contribution in [0.1, 0.15) is 87.3 Å². The van der Waals surface area contributed by atoms with E-state index >= 15 is 0 Å². The predicted molar refractivity (Wildman–Crippen MR) is 210 cm³/mol. The summed E-state index contributed by atoms with van der Waals surface area (Å²) in [5, 5.41) is 7.67. The normalized spacial score (nSPS) is 23.6. The Morgan fingerprint density at radius 1 is 0.942 bits per heavy atom. The van der Waals surface area contributed by atoms with E-state index < -0.39 is 50.3 Å². The van der Waals surface area contributed by atoms with Crippen molar-refractivity contribution < 1.29 is 28.2 Å². The number of carbonyl (C=O) groups excluding carboxylic acids is 1. The molecule has 13 heteroatoms. The summed E-state index contributed by atoms with van der Waals surface area (Å²) in [7, 11) is -2.87. The number of hydrogen-bond donors (Lipinski definition) is 0. The molecule has 3 aliphatic rings. The van der Waals surface area contributed by atoms with Crippen LogP contribution in [0.3, 0.4) is 0 Å². The minimum absolute atomic E-state index is 0.0328. The number of aromatic nitrogens is 4. The minimum Gasteiger partial charge on any atom is -0.443 e. The van der Waals surface area contributed by atoms with Crippen LogP contribution in [-0.2, 0) is 23.4 Å². The SMILES string of the molecule is CC(C)(C)OC(=O)N(c1nc(I)nc2c1cnn2[C@@H]1O[C@H](CO[Si](c2ccccc2)(c2ccccc2)C(C)(C)C)[C@H]2OC(C)(C)O[C@H]21)C1CCCC1. The van der Waals surface area contributed by atoms with E-state index in [0.717, 1.165) is 25.7 Å². The average Bonchev–Trinajstić information content (AvgIpc) is 3.86. The number of ether oxygens (including phenoxy) is 4. The lowest BCUT2D eigenvalue weighted by atomic mass is 10.1. The van der Waals surface area contributed by atoms with E-state index in [0.29, 0.717) is 20.7 Å². The average molecular weight is 840 g/mol. The van der Waals surface area contributed by atoms with E-state index in [4.69, 9.17) is 38.4 Å². The molecule has 3 fully saturated rings. The Morgan fingerprint density at radius 2 is 1.54 bits per heavy atom. The van der Waals surface area contributed by atoms with Crippen molar-refractivity contribution in [1.29, 1.82) is 0 Å². The van der Waals surface area contributed by atoms with E-state index in [9.17, 15) is 4.79 Å². The first-order chi connectivity index (χ1) is 24.6. The van der Waals surface area contributed by atoms with Crippen LogP contribution in [0.5, 0.6) is 0 Å². The van der Waals surface area contributed by atoms with Gasteiger partial charge in [-0.3, -0.25) is 4.90 Å². The summed E-state index contributed by atoms with van der Waals surface area (Å²) in [6.07, 6.45) is 3.08. The highest BCUT2D eigenvalue weighted by atomic mass is 127. The van der Waals surface area contributed by atoms with Gasteiger partial charge in [-0.2, -0.15) is 5.10 Å². The lowest BCUT2D eigenvalue weighted by Gasteiger charge is -2.43. The number of hydrogen-bond acceptors (Lipinski definition) is 9. The van der Waals surface area contributed by atoms with Gasteiger partial charge in [0.25, 0.3) is 8.32 Å². The second-order valence-electron chi connectivity index (χ2n) is 16.5. The fraction of sp³-hybridized carbons (Fsp3) is 0.538. The fourth-order valence-electron chi connectivity index (χ4n) is 8.10. The Kier molecular flexibility index (Phi) is 10.1. The molecule has 0 unspecified atom stereocenters. The van der Waals surface area contributed by atoms with E-state index in [1.54, 1.807) is 15.8 Å². The molecule has 0 spiro atoms. The van der Waals surface area contributed by atoms with Crippen molar-refractivity contribution >= 4 is 64.2 Å². The van der Waals surface area contributed by atoms with Crippen molar-refractivity contribution in [2.24, 2.45) is 0 Å². The second-order valence-corrected chi connectivity index (χ2v) is 21.8. The third-order valence-corrected chi connectivity index (χ3v) is 15.6. The Morgan fingerprint density at radius 3 is 2.12 bits per heavy atom. The van der Waals surface area contributed by atoms with Crippen LogP contribution in [0.15, 0.2) is 66.9 Å². The van der Waals surface area contributed by atoms with Gasteiger partial charge in [0.1, 0.15) is 23.9 Å². The Bertz CT molecular complexity index is 1850. The maximum absolute atomic E-state index is 13.8. The van der Waals surface area contributed by atoms with Crippen LogP contribution < -0.4 is 15.3 Å². The molecule has 1 saturated carbocycles. The van der Waals surface area contributed by atoms with E-state index in [1.165, 1.54) is 10.4 Å². The van der Waals surface area contributed by atoms with Crippen LogP contribution in [0.4, 0.5) is 10.6 Å². The summed E-state index contributed by atoms with van der Waals surface area (Å²) in [6, 6.07) is 21.1. The largest absolute Gasteiger partial charge is 0.443 e. The molecule has 2 aromatic heterocycles. The molecular formula is C39H50IN5O6Si. The van der Waals surface area contributed by atoms with E-state index in [2.05, 4.69) is 91.9 Å². The summed E-state index contributed by atoms with van der Waals surface area (Å²) in [5.41, 5.74) is -0.117. The Balaban J connectivity index is 1.26. The summed E-state index contributed by atoms with van der Waals surface area (Å²) >= 11 is 2.11. The molecule has 1 amide bonds. The van der Waals surface area contributed by atoms with Crippen LogP contribution in [0.25, 0.3) is 11.0 Å². The second kappa shape index (κ2) is 14.0. The molecule has 2 aliphatic heterocycles. The summed E-state index contributed by atoms with van der Waals surface area (Å²) in [5.74, 6) is -0.354. The molecule has 0 radical (unpaired) electrons. The Hall–Kier alpha value is -2.95. The van der Waals surface area contributed by atoms with Gasteiger partial charge < -0.3 is 23.4 Å². The van der Waals surface area contributed by atoms with E-state index in [-0.39, 0.29) is 17.7 Å². The van der Waals surface area contributed by atoms with Gasteiger partial charge in [-0.25, -0.2) is 19.4 Å². The molecule has 1 aliphatic carbocycles. The van der Waals surface area contributed by atoms with Gasteiger partial charge in [0.15, 0.2) is 27.3 Å². The predicted octanol–water partition coefficient (Wildman–Crippen LogP) is 7.11. The van der Waals surface area contributed by atoms with Gasteiger partial charge in [0, 0.05) is 28.6 Å². The lowest BCUT2D eigenvalue weighted by molar-refractivity contribution is -0.200. The Labute approximate surface area is 321 Å². The maximum Gasteiger partial charge on any atom is 0.416 e. The van der Waals surface area contributed by atoms with Gasteiger partial charge in [0.05, 0.1) is 18.2 Å². The van der Waals surface area contributed by atoms with Gasteiger partial charge in [-0.1, -0.05) is 94.3 Å². The highest BCUT2D eigenvalue weighted by molar-refractivity contribution is 14.1. The highest BCUT2D eigenvalue weighted by Gasteiger charge is 2.58. The fourth-order valence-corrected chi connectivity index (χ4v) is 13.1. The van der Waals surface area contributed by atoms with Crippen molar-refractivity contribution in [1.82, 2.24) is 19.7 Å². The summed E-state index contributed by atoms with van der Waals surface area (Å²) in [6.45, 7) is 16.6. The highest BCUT2D eigenvalue weighted by Crippen LogP contribution is 2.45. The standard InChI is InChI=1S/C39H50IN5O6Si/c1-37(2,3)51-36(46)44(25-17-15-16-18-25)32-28-23-41-45(33(28)43-35(40)42-32)34-31-30(49-39(7,8)50-31)29(48-34)24-47-52(38(4,5)6,26-19-11-9-12-20-26)27-21-13-10-14-22-27/h9-14,19-23,25,29-31,34H,15-18,24H2,1-8H3/t29-,30-,31-,34-/m1/s1. The summed E-state index contributed by atoms with van der Waals surface area (Å²) < 4.78 is 35.5. The number of carbonyl (C=O) groups is 1. The zero-order chi connectivity index (χ0) is 37.1. The minimum atomic E-state index is -2.87. The zero-order valence-electron chi connectivity index (χ0n) is 31.3. The molecule has 4 atom stereocenters. The molecule has 278 valence electrons. The molecule has 2 saturated heterocycles. The van der Waals surface area contributed by atoms with Gasteiger partial charge in [-0.15, -0.1) is 0 Å². The monoisotopic (exact) mass is 839 g/mol. The van der Waals surface area contributed by atoms with Crippen molar-refractivity contribution in [3.8, 4) is 0 Å². The number of fused-ring (bicyclic) bond motifs is 2. The number of halogens is 1. The van der Waals surface area contributed by atoms with E-state index in [1.807, 2.05) is 46.8 Å². The topological polar surface area (TPSA) is 110 Å². The zero-order valence-corrected chi connectivity index (χ0v) is 34.5. The third-order valence-electron chi connectivity index (χ3n) is 10.2. The number of nitrogens with zero attached hydrogens (tertiary/aromatic N) is 5. The maximum atomic E-state index is 13.8. The first-order valence-corrected chi connectivity index (χ1v) is 21.3. The molecule has 11 nitrogen and oxygen atoms in total. The van der Waals surface area contributed by atoms with Crippen molar-refractivity contribution in [3.05, 3.63) is 70.7 Å². The van der Waals surface area contributed by atoms with Crippen LogP contribution in [-0.4, -0.2) is 76.5 Å². The molecular weight excluding hydrogens is 789 g/mol. The van der Waals surface area contributed by atoms with Crippen LogP contribution in [0, 0.1) is 3.83 Å². The van der Waals surface area contributed by atoms with Crippen LogP contribution >= 0.6 is 22.6 Å². The first kappa shape index (κ1) is 37.4. The van der Waals surface area contributed by atoms with Crippen LogP contribution in [0.2, 0.25) is 5.04 Å². The van der Waals surface area contributed by atoms with Gasteiger partial charge in [-0.05, 0) is 62.9 Å². The molecule has 0 N–H and O–H groups in total. The molecule has 7 rings (SSSR count). The number of rotatable bonds is 8. The van der Waals surface area contributed by atoms with Crippen molar-refractivity contribution in [2.75, 3.05) is 11.5 Å². The molecule has 0 bridgehead atoms. The smallest absolute Gasteiger partial charge is 0.416 e. The van der Waals surface area contributed by atoms with Gasteiger partial charge in [0.2, 0.25) is 0 Å². The van der Waals surface area contributed by atoms with Gasteiger partial charge >= 0.3 is 6.09 Å². The number of benzene rings is 2. The number of anilines is 1. The van der Waals surface area contributed by atoms with Crippen molar-refractivity contribution in [3.63, 3.8) is 0 Å². The third kappa shape index (κ3) is 7.04. The first-order valence-electron chi connectivity index (χ1n) is 18.3. The van der Waals surface area contributed by atoms with Crippen molar-refractivity contribution in [2.45, 2.75) is 128 Å². The molecule has 2 aromatic carbocycles. The summed E-state index contributed by atoms with van der Waals surface area (Å²) in [4.78, 5) is 25.2. The molecule has 52 heavy (non-hydrogen) atoms. The lowest BCUT2D eigenvalue weighted by Crippen LogP contribution is -2.67. The number of amides is 1. The molecule has 4 heterocycles. The quantitative estimate of drug-likeness (QED) is 0.104.